The summed E-state index contributed by atoms with van der Waals surface area (Å²) in [5.41, 5.74) is 0.990. The van der Waals surface area contributed by atoms with Gasteiger partial charge in [0.15, 0.2) is 5.96 Å². The van der Waals surface area contributed by atoms with Gasteiger partial charge in [-0.05, 0) is 38.0 Å². The van der Waals surface area contributed by atoms with Crippen LogP contribution in [-0.4, -0.2) is 65.7 Å². The highest BCUT2D eigenvalue weighted by Crippen LogP contribution is 2.33. The first kappa shape index (κ1) is 25.1. The molecule has 28 heavy (non-hydrogen) atoms. The van der Waals surface area contributed by atoms with Crippen molar-refractivity contribution in [2.24, 2.45) is 4.99 Å². The van der Waals surface area contributed by atoms with E-state index >= 15 is 0 Å². The van der Waals surface area contributed by atoms with Gasteiger partial charge < -0.3 is 20.3 Å². The second-order valence-corrected chi connectivity index (χ2v) is 9.33. The smallest absolute Gasteiger partial charge is 0.191 e. The van der Waals surface area contributed by atoms with Crippen molar-refractivity contribution in [3.63, 3.8) is 0 Å². The van der Waals surface area contributed by atoms with Crippen LogP contribution in [0.15, 0.2) is 23.2 Å². The minimum atomic E-state index is -2.94. The summed E-state index contributed by atoms with van der Waals surface area (Å²) < 4.78 is 27.9. The number of nitrogens with one attached hydrogen (secondary N) is 2. The Morgan fingerprint density at radius 1 is 1.43 bits per heavy atom. The van der Waals surface area contributed by atoms with Crippen LogP contribution in [0.5, 0.6) is 5.75 Å². The lowest BCUT2D eigenvalue weighted by molar-refractivity contribution is 0.415. The van der Waals surface area contributed by atoms with Crippen LogP contribution in [0, 0.1) is 0 Å². The molecule has 7 nitrogen and oxygen atoms in total. The van der Waals surface area contributed by atoms with E-state index in [-0.39, 0.29) is 35.8 Å². The molecule has 1 fully saturated rings. The van der Waals surface area contributed by atoms with Gasteiger partial charge in [0.25, 0.3) is 0 Å². The number of aliphatic imine (C=N–C) groups is 1. The van der Waals surface area contributed by atoms with E-state index in [4.69, 9.17) is 16.3 Å². The molecule has 1 aromatic rings. The molecule has 1 saturated heterocycles. The van der Waals surface area contributed by atoms with E-state index in [1.54, 1.807) is 7.11 Å². The van der Waals surface area contributed by atoms with Crippen molar-refractivity contribution < 1.29 is 13.2 Å². The molecule has 2 N–H and O–H groups in total. The normalized spacial score (nSPS) is 17.2. The van der Waals surface area contributed by atoms with Crippen molar-refractivity contribution in [1.29, 1.82) is 0 Å². The molecule has 10 heteroatoms. The van der Waals surface area contributed by atoms with Crippen molar-refractivity contribution in [3.05, 3.63) is 23.2 Å². The Balaban J connectivity index is 0.00000392. The van der Waals surface area contributed by atoms with Crippen LogP contribution >= 0.6 is 35.6 Å². The number of anilines is 1. The Labute approximate surface area is 190 Å². The van der Waals surface area contributed by atoms with Crippen molar-refractivity contribution >= 4 is 57.1 Å². The zero-order valence-electron chi connectivity index (χ0n) is 16.6. The Morgan fingerprint density at radius 2 is 2.18 bits per heavy atom. The molecule has 2 rings (SSSR count). The molecule has 1 unspecified atom stereocenters. The maximum absolute atomic E-state index is 11.2. The van der Waals surface area contributed by atoms with E-state index in [9.17, 15) is 8.42 Å². The number of nitrogens with zero attached hydrogens (tertiary/aromatic N) is 2. The second-order valence-electron chi connectivity index (χ2n) is 6.64. The molecule has 0 aromatic heterocycles. The summed E-state index contributed by atoms with van der Waals surface area (Å²) in [5, 5.41) is 7.34. The highest BCUT2D eigenvalue weighted by atomic mass is 127. The third-order valence-electron chi connectivity index (χ3n) is 4.30. The van der Waals surface area contributed by atoms with Crippen LogP contribution in [0.4, 0.5) is 5.69 Å². The van der Waals surface area contributed by atoms with Gasteiger partial charge in [-0.25, -0.2) is 8.42 Å². The third kappa shape index (κ3) is 8.20. The maximum Gasteiger partial charge on any atom is 0.191 e. The summed E-state index contributed by atoms with van der Waals surface area (Å²) in [6.07, 6.45) is 2.73. The molecule has 1 aliphatic heterocycles. The SMILES string of the molecule is CCNC(=NCCCS(C)(=O)=O)NC1CCN(c2cc(Cl)ccc2OC)C1.I. The van der Waals surface area contributed by atoms with Crippen LogP contribution < -0.4 is 20.3 Å². The Kier molecular flexibility index (Phi) is 10.7. The molecule has 1 atom stereocenters. The van der Waals surface area contributed by atoms with Crippen LogP contribution in [0.2, 0.25) is 5.02 Å². The third-order valence-corrected chi connectivity index (χ3v) is 5.56. The standard InChI is InChI=1S/C18H29ClN4O3S.HI/c1-4-20-18(21-9-5-11-27(3,24)25)22-15-8-10-23(13-15)16-12-14(19)6-7-17(16)26-2;/h6-7,12,15H,4-5,8-11,13H2,1-3H3,(H2,20,21,22);1H. The molecule has 1 aromatic carbocycles. The van der Waals surface area contributed by atoms with Gasteiger partial charge in [0.1, 0.15) is 15.6 Å². The van der Waals surface area contributed by atoms with E-state index in [1.165, 1.54) is 6.26 Å². The minimum absolute atomic E-state index is 0. The van der Waals surface area contributed by atoms with Crippen molar-refractivity contribution in [3.8, 4) is 5.75 Å². The van der Waals surface area contributed by atoms with E-state index in [1.807, 2.05) is 25.1 Å². The molecular formula is C18H30ClIN4O3S. The first-order valence-corrected chi connectivity index (χ1v) is 11.6. The average Bonchev–Trinajstić information content (AvgIpc) is 3.06. The van der Waals surface area contributed by atoms with Gasteiger partial charge in [-0.1, -0.05) is 11.6 Å². The number of ether oxygens (including phenoxy) is 1. The number of benzene rings is 1. The lowest BCUT2D eigenvalue weighted by atomic mass is 10.2. The van der Waals surface area contributed by atoms with Gasteiger partial charge in [-0.2, -0.15) is 0 Å². The van der Waals surface area contributed by atoms with Gasteiger partial charge in [0.2, 0.25) is 0 Å². The van der Waals surface area contributed by atoms with Crippen molar-refractivity contribution in [1.82, 2.24) is 10.6 Å². The number of rotatable bonds is 8. The topological polar surface area (TPSA) is 83.0 Å². The van der Waals surface area contributed by atoms with Crippen molar-refractivity contribution in [2.45, 2.75) is 25.8 Å². The fourth-order valence-corrected chi connectivity index (χ4v) is 3.86. The zero-order chi connectivity index (χ0) is 19.9. The molecule has 160 valence electrons. The number of hydrogen-bond donors (Lipinski definition) is 2. The van der Waals surface area contributed by atoms with Crippen LogP contribution in [0.25, 0.3) is 0 Å². The van der Waals surface area contributed by atoms with Crippen molar-refractivity contribution in [2.75, 3.05) is 50.2 Å². The number of sulfone groups is 1. The molecular weight excluding hydrogens is 515 g/mol. The molecule has 0 amide bonds. The quantitative estimate of drug-likeness (QED) is 0.227. The van der Waals surface area contributed by atoms with Gasteiger partial charge in [-0.3, -0.25) is 4.99 Å². The first-order valence-electron chi connectivity index (χ1n) is 9.13. The summed E-state index contributed by atoms with van der Waals surface area (Å²) in [6, 6.07) is 5.86. The van der Waals surface area contributed by atoms with E-state index < -0.39 is 9.84 Å². The summed E-state index contributed by atoms with van der Waals surface area (Å²) >= 11 is 6.15. The predicted molar refractivity (Wildman–Crippen MR) is 127 cm³/mol. The van der Waals surface area contributed by atoms with Crippen LogP contribution in [0.1, 0.15) is 19.8 Å². The Hall–Kier alpha value is -0.940. The fourth-order valence-electron chi connectivity index (χ4n) is 3.04. The molecule has 1 aliphatic rings. The molecule has 0 bridgehead atoms. The number of hydrogen-bond acceptors (Lipinski definition) is 5. The van der Waals surface area contributed by atoms with E-state index in [2.05, 4.69) is 20.5 Å². The lowest BCUT2D eigenvalue weighted by Gasteiger charge is -2.22. The Morgan fingerprint density at radius 3 is 2.82 bits per heavy atom. The van der Waals surface area contributed by atoms with Gasteiger partial charge in [0.05, 0.1) is 18.6 Å². The van der Waals surface area contributed by atoms with Gasteiger partial charge in [-0.15, -0.1) is 24.0 Å². The summed E-state index contributed by atoms with van der Waals surface area (Å²) in [4.78, 5) is 6.74. The lowest BCUT2D eigenvalue weighted by Crippen LogP contribution is -2.44. The predicted octanol–water partition coefficient (Wildman–Crippen LogP) is 2.54. The summed E-state index contributed by atoms with van der Waals surface area (Å²) in [7, 11) is -1.29. The highest BCUT2D eigenvalue weighted by molar-refractivity contribution is 14.0. The number of guanidine groups is 1. The Bertz CT molecular complexity index is 761. The molecule has 1 heterocycles. The fraction of sp³-hybridized carbons (Fsp3) is 0.611. The maximum atomic E-state index is 11.2. The monoisotopic (exact) mass is 544 g/mol. The molecule has 0 radical (unpaired) electrons. The first-order chi connectivity index (χ1) is 12.8. The van der Waals surface area contributed by atoms with Gasteiger partial charge in [0, 0.05) is 43.5 Å². The molecule has 0 aliphatic carbocycles. The van der Waals surface area contributed by atoms with E-state index in [0.717, 1.165) is 43.5 Å². The van der Waals surface area contributed by atoms with Crippen LogP contribution in [-0.2, 0) is 9.84 Å². The van der Waals surface area contributed by atoms with Gasteiger partial charge >= 0.3 is 0 Å². The van der Waals surface area contributed by atoms with Crippen LogP contribution in [0.3, 0.4) is 0 Å². The second kappa shape index (κ2) is 11.9. The summed E-state index contributed by atoms with van der Waals surface area (Å²) in [6.45, 7) is 4.93. The molecule has 0 saturated carbocycles. The average molecular weight is 545 g/mol. The van der Waals surface area contributed by atoms with E-state index in [0.29, 0.717) is 18.0 Å². The molecule has 0 spiro atoms. The number of methoxy groups -OCH3 is 1. The zero-order valence-corrected chi connectivity index (χ0v) is 20.5. The summed E-state index contributed by atoms with van der Waals surface area (Å²) in [5.74, 6) is 1.68. The minimum Gasteiger partial charge on any atom is -0.495 e. The number of halogens is 2. The highest BCUT2D eigenvalue weighted by Gasteiger charge is 2.25. The largest absolute Gasteiger partial charge is 0.495 e.